The summed E-state index contributed by atoms with van der Waals surface area (Å²) in [6, 6.07) is 0. The summed E-state index contributed by atoms with van der Waals surface area (Å²) in [5.41, 5.74) is 0. The maximum atomic E-state index is 10.4. The van der Waals surface area contributed by atoms with E-state index in [-0.39, 0.29) is 0 Å². The Morgan fingerprint density at radius 2 is 2.58 bits per heavy atom. The third kappa shape index (κ3) is 1.15. The Kier molecular flexibility index (Phi) is 1.70. The van der Waals surface area contributed by atoms with Gasteiger partial charge >= 0.3 is 5.97 Å². The molecule has 2 aliphatic rings. The molecule has 2 rings (SSSR count). The number of nitrogens with zero attached hydrogens (tertiary/aromatic N) is 2. The minimum atomic E-state index is -1.08. The van der Waals surface area contributed by atoms with Gasteiger partial charge in [-0.25, -0.2) is 19.7 Å². The number of hydrogen-bond acceptors (Lipinski definition) is 5. The van der Waals surface area contributed by atoms with Gasteiger partial charge in [0, 0.05) is 0 Å². The summed E-state index contributed by atoms with van der Waals surface area (Å²) < 4.78 is 5.07. The van der Waals surface area contributed by atoms with Gasteiger partial charge in [-0.3, -0.25) is 0 Å². The first-order valence-corrected chi connectivity index (χ1v) is 3.59. The zero-order valence-electron chi connectivity index (χ0n) is 6.27. The van der Waals surface area contributed by atoms with E-state index in [4.69, 9.17) is 14.7 Å². The highest BCUT2D eigenvalue weighted by molar-refractivity contribution is 5.87. The first kappa shape index (κ1) is 7.51. The molecule has 0 amide bonds. The minimum absolute atomic E-state index is 0.337. The Labute approximate surface area is 68.3 Å². The van der Waals surface area contributed by atoms with Gasteiger partial charge in [-0.05, 0) is 0 Å². The van der Waals surface area contributed by atoms with Gasteiger partial charge in [-0.1, -0.05) is 0 Å². The van der Waals surface area contributed by atoms with Crippen molar-refractivity contribution in [2.75, 3.05) is 19.8 Å². The molecule has 1 unspecified atom stereocenters. The summed E-state index contributed by atoms with van der Waals surface area (Å²) in [5, 5.41) is 10.0. The van der Waals surface area contributed by atoms with Crippen LogP contribution < -0.4 is 0 Å². The normalized spacial score (nSPS) is 28.2. The van der Waals surface area contributed by atoms with E-state index >= 15 is 0 Å². The SMILES string of the molecule is O=C(O)C1N=C2COCCN2O1. The fourth-order valence-electron chi connectivity index (χ4n) is 1.11. The Bertz CT molecular complexity index is 240. The molecule has 6 heteroatoms. The van der Waals surface area contributed by atoms with E-state index in [0.717, 1.165) is 0 Å². The monoisotopic (exact) mass is 172 g/mol. The Morgan fingerprint density at radius 3 is 3.25 bits per heavy atom. The summed E-state index contributed by atoms with van der Waals surface area (Å²) in [6.45, 7) is 1.43. The molecule has 12 heavy (non-hydrogen) atoms. The smallest absolute Gasteiger partial charge is 0.358 e. The number of amidine groups is 1. The molecule has 0 aromatic rings. The van der Waals surface area contributed by atoms with Crippen molar-refractivity contribution >= 4 is 11.8 Å². The lowest BCUT2D eigenvalue weighted by Gasteiger charge is -2.23. The standard InChI is InChI=1S/C6H8N2O4/c9-6(10)5-7-4-3-11-2-1-8(4)12-5/h5H,1-3H2,(H,9,10). The Balaban J connectivity index is 2.09. The van der Waals surface area contributed by atoms with Crippen molar-refractivity contribution in [3.63, 3.8) is 0 Å². The molecule has 6 nitrogen and oxygen atoms in total. The largest absolute Gasteiger partial charge is 0.478 e. The van der Waals surface area contributed by atoms with Gasteiger partial charge in [0.05, 0.1) is 13.2 Å². The number of morpholine rings is 1. The average molecular weight is 172 g/mol. The predicted molar refractivity (Wildman–Crippen MR) is 37.5 cm³/mol. The van der Waals surface area contributed by atoms with E-state index < -0.39 is 12.2 Å². The first-order chi connectivity index (χ1) is 5.77. The van der Waals surface area contributed by atoms with Crippen molar-refractivity contribution < 1.29 is 19.5 Å². The van der Waals surface area contributed by atoms with E-state index in [0.29, 0.717) is 25.6 Å². The number of carboxylic acid groups (broad SMARTS) is 1. The van der Waals surface area contributed by atoms with Crippen LogP contribution in [0.4, 0.5) is 0 Å². The van der Waals surface area contributed by atoms with Gasteiger partial charge in [-0.2, -0.15) is 0 Å². The second-order valence-electron chi connectivity index (χ2n) is 2.50. The van der Waals surface area contributed by atoms with Gasteiger partial charge < -0.3 is 9.84 Å². The summed E-state index contributed by atoms with van der Waals surface area (Å²) >= 11 is 0. The number of carbonyl (C=O) groups is 1. The number of ether oxygens (including phenoxy) is 1. The van der Waals surface area contributed by atoms with Crippen LogP contribution in [0.2, 0.25) is 0 Å². The Hall–Kier alpha value is -1.14. The van der Waals surface area contributed by atoms with Crippen molar-refractivity contribution in [2.24, 2.45) is 4.99 Å². The van der Waals surface area contributed by atoms with E-state index in [9.17, 15) is 4.79 Å². The molecule has 2 heterocycles. The lowest BCUT2D eigenvalue weighted by molar-refractivity contribution is -0.176. The van der Waals surface area contributed by atoms with Gasteiger partial charge in [-0.15, -0.1) is 0 Å². The van der Waals surface area contributed by atoms with Crippen LogP contribution in [0.5, 0.6) is 0 Å². The number of fused-ring (bicyclic) bond motifs is 1. The topological polar surface area (TPSA) is 71.4 Å². The zero-order chi connectivity index (χ0) is 8.55. The van der Waals surface area contributed by atoms with E-state index in [1.165, 1.54) is 5.06 Å². The van der Waals surface area contributed by atoms with Crippen molar-refractivity contribution in [2.45, 2.75) is 6.23 Å². The average Bonchev–Trinajstić information content (AvgIpc) is 2.46. The van der Waals surface area contributed by atoms with Crippen molar-refractivity contribution in [3.8, 4) is 0 Å². The van der Waals surface area contributed by atoms with Crippen LogP contribution >= 0.6 is 0 Å². The van der Waals surface area contributed by atoms with Crippen LogP contribution in [0, 0.1) is 0 Å². The van der Waals surface area contributed by atoms with Crippen LogP contribution in [-0.2, 0) is 14.4 Å². The van der Waals surface area contributed by atoms with Gasteiger partial charge in [0.25, 0.3) is 6.23 Å². The highest BCUT2D eigenvalue weighted by Crippen LogP contribution is 2.14. The maximum absolute atomic E-state index is 10.4. The van der Waals surface area contributed by atoms with Crippen LogP contribution in [0.1, 0.15) is 0 Å². The van der Waals surface area contributed by atoms with E-state index in [1.807, 2.05) is 0 Å². The number of hydrogen-bond donors (Lipinski definition) is 1. The van der Waals surface area contributed by atoms with E-state index in [2.05, 4.69) is 4.99 Å². The van der Waals surface area contributed by atoms with Crippen molar-refractivity contribution in [3.05, 3.63) is 0 Å². The first-order valence-electron chi connectivity index (χ1n) is 3.59. The number of aliphatic imine (C=N–C) groups is 1. The number of hydroxylamine groups is 2. The molecule has 66 valence electrons. The molecule has 0 spiro atoms. The second-order valence-corrected chi connectivity index (χ2v) is 2.50. The lowest BCUT2D eigenvalue weighted by Crippen LogP contribution is -2.38. The lowest BCUT2D eigenvalue weighted by atomic mass is 10.5. The van der Waals surface area contributed by atoms with E-state index in [1.54, 1.807) is 0 Å². The molecular formula is C6H8N2O4. The number of aliphatic carboxylic acids is 1. The summed E-state index contributed by atoms with van der Waals surface area (Å²) in [5.74, 6) is -0.509. The fraction of sp³-hybridized carbons (Fsp3) is 0.667. The summed E-state index contributed by atoms with van der Waals surface area (Å²) in [4.78, 5) is 19.2. The molecule has 0 saturated carbocycles. The number of rotatable bonds is 1. The molecule has 1 N–H and O–H groups in total. The molecule has 1 saturated heterocycles. The molecule has 1 atom stereocenters. The maximum Gasteiger partial charge on any atom is 0.358 e. The highest BCUT2D eigenvalue weighted by Gasteiger charge is 2.32. The van der Waals surface area contributed by atoms with Gasteiger partial charge in [0.15, 0.2) is 5.84 Å². The third-order valence-corrected chi connectivity index (χ3v) is 1.66. The van der Waals surface area contributed by atoms with Crippen molar-refractivity contribution in [1.82, 2.24) is 5.06 Å². The number of carboxylic acids is 1. The summed E-state index contributed by atoms with van der Waals surface area (Å²) in [7, 11) is 0. The predicted octanol–water partition coefficient (Wildman–Crippen LogP) is -0.927. The second kappa shape index (κ2) is 2.72. The van der Waals surface area contributed by atoms with Crippen LogP contribution in [0.25, 0.3) is 0 Å². The quantitative estimate of drug-likeness (QED) is 0.553. The van der Waals surface area contributed by atoms with Crippen LogP contribution in [0.3, 0.4) is 0 Å². The molecule has 0 radical (unpaired) electrons. The molecule has 0 aromatic heterocycles. The highest BCUT2D eigenvalue weighted by atomic mass is 16.7. The molecular weight excluding hydrogens is 164 g/mol. The Morgan fingerprint density at radius 1 is 1.75 bits per heavy atom. The molecule has 0 bridgehead atoms. The van der Waals surface area contributed by atoms with Crippen LogP contribution in [-0.4, -0.2) is 48.0 Å². The van der Waals surface area contributed by atoms with Gasteiger partial charge in [0.2, 0.25) is 0 Å². The molecule has 1 fully saturated rings. The van der Waals surface area contributed by atoms with Crippen LogP contribution in [0.15, 0.2) is 4.99 Å². The fourth-order valence-corrected chi connectivity index (χ4v) is 1.11. The molecule has 0 aromatic carbocycles. The van der Waals surface area contributed by atoms with Crippen molar-refractivity contribution in [1.29, 1.82) is 0 Å². The van der Waals surface area contributed by atoms with Gasteiger partial charge in [0.1, 0.15) is 6.61 Å². The minimum Gasteiger partial charge on any atom is -0.478 e. The molecule has 0 aliphatic carbocycles. The summed E-state index contributed by atoms with van der Waals surface area (Å²) in [6.07, 6.45) is -1.08. The third-order valence-electron chi connectivity index (χ3n) is 1.66. The zero-order valence-corrected chi connectivity index (χ0v) is 6.27. The molecule has 2 aliphatic heterocycles.